The highest BCUT2D eigenvalue weighted by Crippen LogP contribution is 2.01. The lowest BCUT2D eigenvalue weighted by atomic mass is 10.2. The number of hydrogen-bond acceptors (Lipinski definition) is 4. The Morgan fingerprint density at radius 1 is 1.70 bits per heavy atom. The molecule has 0 fully saturated rings. The zero-order chi connectivity index (χ0) is 7.56. The van der Waals surface area contributed by atoms with E-state index in [9.17, 15) is 0 Å². The monoisotopic (exact) mass is 144 g/mol. The summed E-state index contributed by atoms with van der Waals surface area (Å²) >= 11 is 0. The van der Waals surface area contributed by atoms with Crippen molar-refractivity contribution in [3.8, 4) is 0 Å². The maximum absolute atomic E-state index is 8.73. The minimum absolute atomic E-state index is 0.238. The summed E-state index contributed by atoms with van der Waals surface area (Å²) in [7, 11) is 0. The van der Waals surface area contributed by atoms with E-state index in [1.165, 1.54) is 0 Å². The van der Waals surface area contributed by atoms with Crippen molar-refractivity contribution in [2.75, 3.05) is 6.54 Å². The number of rotatable bonds is 1. The third kappa shape index (κ3) is 1.68. The van der Waals surface area contributed by atoms with Gasteiger partial charge in [0, 0.05) is 6.54 Å². The van der Waals surface area contributed by atoms with Gasteiger partial charge in [-0.1, -0.05) is 0 Å². The van der Waals surface area contributed by atoms with Gasteiger partial charge in [-0.15, -0.1) is 0 Å². The van der Waals surface area contributed by atoms with Gasteiger partial charge in [0.05, 0.1) is 11.9 Å². The fourth-order valence-electron chi connectivity index (χ4n) is 0.981. The molecule has 1 atom stereocenters. The molecule has 0 amide bonds. The van der Waals surface area contributed by atoms with Gasteiger partial charge in [0.15, 0.2) is 6.29 Å². The molecule has 4 heteroatoms. The number of amidine groups is 1. The van der Waals surface area contributed by atoms with Crippen molar-refractivity contribution in [2.24, 2.45) is 4.99 Å². The Morgan fingerprint density at radius 2 is 2.40 bits per heavy atom. The van der Waals surface area contributed by atoms with E-state index in [2.05, 4.69) is 10.3 Å². The summed E-state index contributed by atoms with van der Waals surface area (Å²) in [4.78, 5) is 4.05. The molecule has 0 bridgehead atoms. The SMILES string of the molecule is CC1=NCC[C@@H](C(O)O)N1. The smallest absolute Gasteiger partial charge is 0.172 e. The van der Waals surface area contributed by atoms with E-state index in [0.717, 1.165) is 5.84 Å². The fourth-order valence-corrected chi connectivity index (χ4v) is 0.981. The van der Waals surface area contributed by atoms with Gasteiger partial charge in [0.1, 0.15) is 0 Å². The third-order valence-corrected chi connectivity index (χ3v) is 1.54. The molecule has 1 aliphatic rings. The van der Waals surface area contributed by atoms with Crippen LogP contribution in [0.25, 0.3) is 0 Å². The molecular formula is C6H12N2O2. The van der Waals surface area contributed by atoms with E-state index >= 15 is 0 Å². The Balaban J connectivity index is 2.45. The molecule has 3 N–H and O–H groups in total. The molecule has 0 spiro atoms. The zero-order valence-electron chi connectivity index (χ0n) is 5.91. The maximum atomic E-state index is 8.73. The number of nitrogens with one attached hydrogen (secondary N) is 1. The van der Waals surface area contributed by atoms with Crippen LogP contribution in [0.4, 0.5) is 0 Å². The maximum Gasteiger partial charge on any atom is 0.172 e. The van der Waals surface area contributed by atoms with Crippen LogP contribution in [-0.2, 0) is 0 Å². The van der Waals surface area contributed by atoms with Crippen LogP contribution in [0.1, 0.15) is 13.3 Å². The van der Waals surface area contributed by atoms with Crippen LogP contribution >= 0.6 is 0 Å². The molecule has 1 heterocycles. The summed E-state index contributed by atoms with van der Waals surface area (Å²) in [6.45, 7) is 2.50. The summed E-state index contributed by atoms with van der Waals surface area (Å²) in [6.07, 6.45) is -0.583. The van der Waals surface area contributed by atoms with Crippen molar-refractivity contribution >= 4 is 5.84 Å². The van der Waals surface area contributed by atoms with Gasteiger partial charge in [-0.25, -0.2) is 0 Å². The fraction of sp³-hybridized carbons (Fsp3) is 0.833. The van der Waals surface area contributed by atoms with Gasteiger partial charge in [-0.05, 0) is 13.3 Å². The molecule has 1 rings (SSSR count). The standard InChI is InChI=1S/C6H12N2O2/c1-4-7-3-2-5(8-4)6(9)10/h5-6,9-10H,2-3H2,1H3,(H,7,8)/t5-/m0/s1. The van der Waals surface area contributed by atoms with Gasteiger partial charge in [-0.2, -0.15) is 0 Å². The summed E-state index contributed by atoms with van der Waals surface area (Å²) in [6, 6.07) is -0.238. The molecule has 1 aliphatic heterocycles. The Labute approximate surface area is 59.6 Å². The minimum atomic E-state index is -1.27. The van der Waals surface area contributed by atoms with Crippen LogP contribution in [0.15, 0.2) is 4.99 Å². The van der Waals surface area contributed by atoms with Gasteiger partial charge >= 0.3 is 0 Å². The van der Waals surface area contributed by atoms with Gasteiger partial charge in [0.2, 0.25) is 0 Å². The summed E-state index contributed by atoms with van der Waals surface area (Å²) in [5.74, 6) is 0.782. The van der Waals surface area contributed by atoms with E-state index in [1.54, 1.807) is 0 Å². The second-order valence-electron chi connectivity index (χ2n) is 2.42. The number of aliphatic hydroxyl groups is 2. The van der Waals surface area contributed by atoms with Crippen LogP contribution in [0.3, 0.4) is 0 Å². The summed E-state index contributed by atoms with van der Waals surface area (Å²) < 4.78 is 0. The van der Waals surface area contributed by atoms with Crippen molar-refractivity contribution < 1.29 is 10.2 Å². The largest absolute Gasteiger partial charge is 0.366 e. The summed E-state index contributed by atoms with van der Waals surface area (Å²) in [5, 5.41) is 20.3. The molecule has 0 aromatic rings. The first-order valence-corrected chi connectivity index (χ1v) is 3.34. The molecular weight excluding hydrogens is 132 g/mol. The molecule has 0 saturated carbocycles. The van der Waals surface area contributed by atoms with Crippen molar-refractivity contribution in [1.29, 1.82) is 0 Å². The van der Waals surface area contributed by atoms with Crippen molar-refractivity contribution in [3.05, 3.63) is 0 Å². The first kappa shape index (κ1) is 7.50. The van der Waals surface area contributed by atoms with E-state index in [-0.39, 0.29) is 6.04 Å². The number of aliphatic hydroxyl groups excluding tert-OH is 1. The van der Waals surface area contributed by atoms with E-state index in [1.807, 2.05) is 6.92 Å². The normalized spacial score (nSPS) is 26.0. The minimum Gasteiger partial charge on any atom is -0.366 e. The quantitative estimate of drug-likeness (QED) is 0.417. The highest BCUT2D eigenvalue weighted by Gasteiger charge is 2.18. The van der Waals surface area contributed by atoms with Crippen LogP contribution in [-0.4, -0.2) is 34.9 Å². The Morgan fingerprint density at radius 3 is 2.80 bits per heavy atom. The lowest BCUT2D eigenvalue weighted by Gasteiger charge is -2.24. The molecule has 58 valence electrons. The van der Waals surface area contributed by atoms with Crippen LogP contribution in [0, 0.1) is 0 Å². The van der Waals surface area contributed by atoms with Crippen LogP contribution in [0.2, 0.25) is 0 Å². The van der Waals surface area contributed by atoms with Gasteiger partial charge in [0.25, 0.3) is 0 Å². The highest BCUT2D eigenvalue weighted by molar-refractivity contribution is 5.80. The molecule has 0 unspecified atom stereocenters. The lowest BCUT2D eigenvalue weighted by Crippen LogP contribution is -2.45. The first-order chi connectivity index (χ1) is 4.70. The Kier molecular flexibility index (Phi) is 2.24. The molecule has 0 radical (unpaired) electrons. The van der Waals surface area contributed by atoms with Crippen molar-refractivity contribution in [2.45, 2.75) is 25.7 Å². The number of nitrogens with zero attached hydrogens (tertiary/aromatic N) is 1. The Hall–Kier alpha value is -0.610. The lowest BCUT2D eigenvalue weighted by molar-refractivity contribution is -0.0647. The predicted molar refractivity (Wildman–Crippen MR) is 37.7 cm³/mol. The molecule has 10 heavy (non-hydrogen) atoms. The first-order valence-electron chi connectivity index (χ1n) is 3.34. The van der Waals surface area contributed by atoms with Crippen molar-refractivity contribution in [1.82, 2.24) is 5.32 Å². The zero-order valence-corrected chi connectivity index (χ0v) is 5.91. The van der Waals surface area contributed by atoms with Crippen LogP contribution < -0.4 is 5.32 Å². The molecule has 0 aromatic carbocycles. The number of aliphatic imine (C=N–C) groups is 1. The highest BCUT2D eigenvalue weighted by atomic mass is 16.5. The van der Waals surface area contributed by atoms with Gasteiger partial charge in [-0.3, -0.25) is 4.99 Å². The molecule has 0 aliphatic carbocycles. The van der Waals surface area contributed by atoms with Crippen molar-refractivity contribution in [3.63, 3.8) is 0 Å². The summed E-state index contributed by atoms with van der Waals surface area (Å²) in [5.41, 5.74) is 0. The molecule has 4 nitrogen and oxygen atoms in total. The van der Waals surface area contributed by atoms with Gasteiger partial charge < -0.3 is 15.5 Å². The van der Waals surface area contributed by atoms with Crippen LogP contribution in [0.5, 0.6) is 0 Å². The second-order valence-corrected chi connectivity index (χ2v) is 2.42. The topological polar surface area (TPSA) is 64.9 Å². The second kappa shape index (κ2) is 2.98. The predicted octanol–water partition coefficient (Wildman–Crippen LogP) is -0.923. The van der Waals surface area contributed by atoms with E-state index < -0.39 is 6.29 Å². The average Bonchev–Trinajstić information content (AvgIpc) is 1.88. The Bertz CT molecular complexity index is 145. The van der Waals surface area contributed by atoms with E-state index in [0.29, 0.717) is 13.0 Å². The molecule has 0 aromatic heterocycles. The number of hydrogen-bond donors (Lipinski definition) is 3. The molecule has 0 saturated heterocycles. The average molecular weight is 144 g/mol. The third-order valence-electron chi connectivity index (χ3n) is 1.54. The van der Waals surface area contributed by atoms with E-state index in [4.69, 9.17) is 10.2 Å².